The Hall–Kier alpha value is -0.220. The van der Waals surface area contributed by atoms with Gasteiger partial charge in [0.05, 0.1) is 0 Å². The highest BCUT2D eigenvalue weighted by atomic mass is 32.2. The molecule has 46 valence electrons. The first-order valence-corrected chi connectivity index (χ1v) is 2.92. The van der Waals surface area contributed by atoms with Crippen molar-refractivity contribution in [2.24, 2.45) is 0 Å². The zero-order valence-electron chi connectivity index (χ0n) is 4.25. The summed E-state index contributed by atoms with van der Waals surface area (Å²) in [4.78, 5) is 9.60. The maximum absolute atomic E-state index is 9.60. The van der Waals surface area contributed by atoms with E-state index in [0.29, 0.717) is 5.75 Å². The average molecular weight is 134 g/mol. The van der Waals surface area contributed by atoms with E-state index in [2.05, 4.69) is 11.1 Å². The topological polar surface area (TPSA) is 46.2 Å². The Morgan fingerprint density at radius 1 is 1.75 bits per heavy atom. The quantitative estimate of drug-likeness (QED) is 0.414. The summed E-state index contributed by atoms with van der Waals surface area (Å²) in [6.45, 7) is 3.05. The molecule has 0 saturated heterocycles. The van der Waals surface area contributed by atoms with Crippen LogP contribution in [0.5, 0.6) is 0 Å². The van der Waals surface area contributed by atoms with Crippen LogP contribution in [-0.2, 0) is 14.1 Å². The third-order valence-electron chi connectivity index (χ3n) is 0.343. The SMILES string of the molecule is [CH2]CSOCC([O])=O. The lowest BCUT2D eigenvalue weighted by atomic mass is 10.8. The van der Waals surface area contributed by atoms with E-state index in [-0.39, 0.29) is 6.61 Å². The van der Waals surface area contributed by atoms with Crippen molar-refractivity contribution >= 4 is 18.0 Å². The highest BCUT2D eigenvalue weighted by molar-refractivity contribution is 7.94. The van der Waals surface area contributed by atoms with Gasteiger partial charge in [0.25, 0.3) is 0 Å². The zero-order valence-corrected chi connectivity index (χ0v) is 5.07. The van der Waals surface area contributed by atoms with E-state index >= 15 is 0 Å². The normalized spacial score (nSPS) is 9.12. The van der Waals surface area contributed by atoms with Gasteiger partial charge in [-0.15, -0.1) is 0 Å². The highest BCUT2D eigenvalue weighted by Gasteiger charge is 1.96. The van der Waals surface area contributed by atoms with Gasteiger partial charge in [-0.1, -0.05) is 0 Å². The van der Waals surface area contributed by atoms with Crippen molar-refractivity contribution in [1.82, 2.24) is 0 Å². The van der Waals surface area contributed by atoms with E-state index in [1.165, 1.54) is 0 Å². The lowest BCUT2D eigenvalue weighted by Crippen LogP contribution is -2.00. The molecule has 0 aromatic heterocycles. The van der Waals surface area contributed by atoms with Crippen LogP contribution in [0.15, 0.2) is 0 Å². The maximum Gasteiger partial charge on any atom is 0.382 e. The summed E-state index contributed by atoms with van der Waals surface area (Å²) in [6, 6.07) is 0. The molecule has 0 amide bonds. The lowest BCUT2D eigenvalue weighted by molar-refractivity contribution is -0.145. The van der Waals surface area contributed by atoms with Crippen LogP contribution in [0.3, 0.4) is 0 Å². The van der Waals surface area contributed by atoms with Crippen molar-refractivity contribution < 1.29 is 14.1 Å². The molecule has 0 aromatic carbocycles. The van der Waals surface area contributed by atoms with Gasteiger partial charge in [-0.25, -0.2) is 9.90 Å². The number of hydrogen-bond donors (Lipinski definition) is 0. The first-order chi connectivity index (χ1) is 3.77. The summed E-state index contributed by atoms with van der Waals surface area (Å²) >= 11 is 1.00. The molecular formula is C4H6O3S. The van der Waals surface area contributed by atoms with Crippen molar-refractivity contribution in [2.45, 2.75) is 0 Å². The standard InChI is InChI=1S/C4H6O3S/c1-2-8-7-3-4(5)6/h1-3H2. The average Bonchev–Trinajstić information content (AvgIpc) is 1.66. The second kappa shape index (κ2) is 4.93. The molecule has 0 N–H and O–H groups in total. The van der Waals surface area contributed by atoms with Crippen molar-refractivity contribution in [2.75, 3.05) is 12.4 Å². The molecule has 0 unspecified atom stereocenters. The van der Waals surface area contributed by atoms with E-state index in [0.717, 1.165) is 12.0 Å². The molecule has 0 rings (SSSR count). The Kier molecular flexibility index (Phi) is 4.79. The molecule has 0 aliphatic heterocycles. The largest absolute Gasteiger partial charge is 0.382 e. The predicted molar refractivity (Wildman–Crippen MR) is 29.5 cm³/mol. The van der Waals surface area contributed by atoms with Gasteiger partial charge in [-0.3, -0.25) is 0 Å². The van der Waals surface area contributed by atoms with Crippen LogP contribution < -0.4 is 0 Å². The number of hydrogen-bond acceptors (Lipinski definition) is 3. The van der Waals surface area contributed by atoms with Crippen LogP contribution in [0.1, 0.15) is 0 Å². The molecule has 0 bridgehead atoms. The third-order valence-corrected chi connectivity index (χ3v) is 0.795. The molecule has 2 radical (unpaired) electrons. The summed E-state index contributed by atoms with van der Waals surface area (Å²) in [6.07, 6.45) is 0. The summed E-state index contributed by atoms with van der Waals surface area (Å²) < 4.78 is 4.44. The van der Waals surface area contributed by atoms with E-state index < -0.39 is 5.97 Å². The Balaban J connectivity index is 2.82. The molecule has 0 aromatic rings. The van der Waals surface area contributed by atoms with Gasteiger partial charge in [0.2, 0.25) is 0 Å². The molecule has 0 aliphatic rings. The van der Waals surface area contributed by atoms with Gasteiger partial charge in [-0.2, -0.15) is 0 Å². The first kappa shape index (κ1) is 7.78. The fraction of sp³-hybridized carbons (Fsp3) is 0.500. The number of rotatable bonds is 4. The second-order valence-electron chi connectivity index (χ2n) is 0.956. The Labute approximate surface area is 52.2 Å². The minimum Gasteiger partial charge on any atom is -0.303 e. The first-order valence-electron chi connectivity index (χ1n) is 2.01. The number of carbonyl (C=O) groups is 1. The van der Waals surface area contributed by atoms with Gasteiger partial charge >= 0.3 is 5.97 Å². The molecular weight excluding hydrogens is 128 g/mol. The van der Waals surface area contributed by atoms with Gasteiger partial charge in [0, 0.05) is 5.75 Å². The molecule has 0 fully saturated rings. The lowest BCUT2D eigenvalue weighted by Gasteiger charge is -1.90. The van der Waals surface area contributed by atoms with E-state index in [9.17, 15) is 9.90 Å². The van der Waals surface area contributed by atoms with E-state index in [1.54, 1.807) is 0 Å². The van der Waals surface area contributed by atoms with E-state index in [4.69, 9.17) is 0 Å². The van der Waals surface area contributed by atoms with Crippen molar-refractivity contribution in [3.8, 4) is 0 Å². The minimum atomic E-state index is -1.20. The van der Waals surface area contributed by atoms with Crippen LogP contribution in [0, 0.1) is 6.92 Å². The molecule has 8 heavy (non-hydrogen) atoms. The maximum atomic E-state index is 9.60. The zero-order chi connectivity index (χ0) is 6.41. The summed E-state index contributed by atoms with van der Waals surface area (Å²) in [5.41, 5.74) is 0. The fourth-order valence-corrected chi connectivity index (χ4v) is 0.446. The van der Waals surface area contributed by atoms with Crippen molar-refractivity contribution in [3.05, 3.63) is 6.92 Å². The molecule has 0 heterocycles. The predicted octanol–water partition coefficient (Wildman–Crippen LogP) is 0.442. The van der Waals surface area contributed by atoms with Gasteiger partial charge in [0.1, 0.15) is 0 Å². The Morgan fingerprint density at radius 3 is 2.75 bits per heavy atom. The Morgan fingerprint density at radius 2 is 2.38 bits per heavy atom. The van der Waals surface area contributed by atoms with Crippen LogP contribution in [0.25, 0.3) is 0 Å². The summed E-state index contributed by atoms with van der Waals surface area (Å²) in [7, 11) is 0. The van der Waals surface area contributed by atoms with Crippen molar-refractivity contribution in [1.29, 1.82) is 0 Å². The monoisotopic (exact) mass is 134 g/mol. The molecule has 0 saturated carbocycles. The van der Waals surface area contributed by atoms with Crippen LogP contribution in [0.2, 0.25) is 0 Å². The molecule has 0 aliphatic carbocycles. The number of carbonyl (C=O) groups excluding carboxylic acids is 1. The molecule has 0 spiro atoms. The van der Waals surface area contributed by atoms with Gasteiger partial charge < -0.3 is 4.18 Å². The van der Waals surface area contributed by atoms with Crippen molar-refractivity contribution in [3.63, 3.8) is 0 Å². The smallest absolute Gasteiger partial charge is 0.303 e. The van der Waals surface area contributed by atoms with Gasteiger partial charge in [-0.05, 0) is 19.0 Å². The van der Waals surface area contributed by atoms with E-state index in [1.807, 2.05) is 0 Å². The Bertz CT molecular complexity index is 73.7. The minimum absolute atomic E-state index is 0.361. The van der Waals surface area contributed by atoms with Crippen LogP contribution >= 0.6 is 12.0 Å². The third kappa shape index (κ3) is 5.78. The van der Waals surface area contributed by atoms with Gasteiger partial charge in [0.15, 0.2) is 6.61 Å². The summed E-state index contributed by atoms with van der Waals surface area (Å²) in [5, 5.41) is 9.60. The molecule has 4 heteroatoms. The molecule has 3 nitrogen and oxygen atoms in total. The second-order valence-corrected chi connectivity index (χ2v) is 1.84. The van der Waals surface area contributed by atoms with Crippen LogP contribution in [0.4, 0.5) is 0 Å². The fourth-order valence-electron chi connectivity index (χ4n) is 0.149. The molecule has 0 atom stereocenters. The van der Waals surface area contributed by atoms with Crippen LogP contribution in [-0.4, -0.2) is 18.3 Å². The highest BCUT2D eigenvalue weighted by Crippen LogP contribution is 1.98. The summed E-state index contributed by atoms with van der Waals surface area (Å²) in [5.74, 6) is -0.696.